The molecule has 0 spiro atoms. The van der Waals surface area contributed by atoms with Gasteiger partial charge in [0.1, 0.15) is 0 Å². The fourth-order valence-corrected chi connectivity index (χ4v) is 3.65. The minimum atomic E-state index is -0.254. The molecule has 0 aliphatic heterocycles. The van der Waals surface area contributed by atoms with Crippen LogP contribution in [-0.2, 0) is 6.42 Å². The Kier molecular flexibility index (Phi) is 4.98. The Bertz CT molecular complexity index is 1100. The van der Waals surface area contributed by atoms with Crippen LogP contribution in [0.15, 0.2) is 48.0 Å². The molecule has 0 bridgehead atoms. The number of benzene rings is 1. The van der Waals surface area contributed by atoms with Gasteiger partial charge in [-0.3, -0.25) is 4.79 Å². The first kappa shape index (κ1) is 18.1. The molecule has 4 rings (SSSR count). The molecule has 1 amide bonds. The van der Waals surface area contributed by atoms with Crippen LogP contribution in [0.1, 0.15) is 27.6 Å². The summed E-state index contributed by atoms with van der Waals surface area (Å²) in [7, 11) is 0. The molecule has 28 heavy (non-hydrogen) atoms. The SMILES string of the molecule is Cc1cc(C)n(-c2nc(CCNC(=O)c3cnn(-c4ccccc4)n3)cs2)n1. The minimum Gasteiger partial charge on any atom is -0.350 e. The lowest BCUT2D eigenvalue weighted by Gasteiger charge is -2.01. The van der Waals surface area contributed by atoms with Gasteiger partial charge >= 0.3 is 0 Å². The van der Waals surface area contributed by atoms with Gasteiger partial charge in [-0.1, -0.05) is 18.2 Å². The van der Waals surface area contributed by atoms with Gasteiger partial charge in [-0.05, 0) is 32.0 Å². The van der Waals surface area contributed by atoms with Gasteiger partial charge in [0.05, 0.1) is 23.3 Å². The highest BCUT2D eigenvalue weighted by atomic mass is 32.1. The van der Waals surface area contributed by atoms with Crippen LogP contribution in [0.2, 0.25) is 0 Å². The van der Waals surface area contributed by atoms with Gasteiger partial charge in [0.15, 0.2) is 5.69 Å². The standard InChI is InChI=1S/C19H19N7OS/c1-13-10-14(2)25(23-13)19-22-15(12-28-19)8-9-20-18(27)17-11-21-26(24-17)16-6-4-3-5-7-16/h3-7,10-12H,8-9H2,1-2H3,(H,20,27). The first-order valence-electron chi connectivity index (χ1n) is 8.84. The summed E-state index contributed by atoms with van der Waals surface area (Å²) in [5, 5.41) is 18.5. The molecule has 0 aliphatic rings. The summed E-state index contributed by atoms with van der Waals surface area (Å²) in [6.45, 7) is 4.43. The Morgan fingerprint density at radius 1 is 1.18 bits per heavy atom. The van der Waals surface area contributed by atoms with Crippen molar-refractivity contribution in [1.29, 1.82) is 0 Å². The largest absolute Gasteiger partial charge is 0.350 e. The van der Waals surface area contributed by atoms with E-state index in [-0.39, 0.29) is 11.6 Å². The monoisotopic (exact) mass is 393 g/mol. The molecule has 142 valence electrons. The zero-order valence-electron chi connectivity index (χ0n) is 15.5. The maximum Gasteiger partial charge on any atom is 0.273 e. The van der Waals surface area contributed by atoms with Crippen LogP contribution < -0.4 is 5.32 Å². The van der Waals surface area contributed by atoms with E-state index in [1.807, 2.05) is 60.3 Å². The molecule has 9 heteroatoms. The van der Waals surface area contributed by atoms with Gasteiger partial charge in [-0.15, -0.1) is 16.4 Å². The Morgan fingerprint density at radius 3 is 2.75 bits per heavy atom. The highest BCUT2D eigenvalue weighted by Crippen LogP contribution is 2.17. The summed E-state index contributed by atoms with van der Waals surface area (Å²) >= 11 is 1.54. The first-order chi connectivity index (χ1) is 13.6. The number of para-hydroxylation sites is 1. The molecule has 3 aromatic heterocycles. The van der Waals surface area contributed by atoms with Crippen molar-refractivity contribution in [2.45, 2.75) is 20.3 Å². The zero-order chi connectivity index (χ0) is 19.5. The van der Waals surface area contributed by atoms with Crippen molar-refractivity contribution in [3.05, 3.63) is 70.8 Å². The highest BCUT2D eigenvalue weighted by Gasteiger charge is 2.12. The molecule has 3 heterocycles. The molecule has 8 nitrogen and oxygen atoms in total. The Hall–Kier alpha value is -3.33. The number of thiazole rings is 1. The van der Waals surface area contributed by atoms with Crippen LogP contribution in [0, 0.1) is 13.8 Å². The normalized spacial score (nSPS) is 10.9. The number of rotatable bonds is 6. The fraction of sp³-hybridized carbons (Fsp3) is 0.211. The van der Waals surface area contributed by atoms with Crippen molar-refractivity contribution in [3.8, 4) is 10.8 Å². The van der Waals surface area contributed by atoms with Gasteiger partial charge in [-0.25, -0.2) is 9.67 Å². The van der Waals surface area contributed by atoms with E-state index >= 15 is 0 Å². The lowest BCUT2D eigenvalue weighted by Crippen LogP contribution is -2.26. The van der Waals surface area contributed by atoms with Crippen LogP contribution >= 0.6 is 11.3 Å². The van der Waals surface area contributed by atoms with Crippen molar-refractivity contribution < 1.29 is 4.79 Å². The van der Waals surface area contributed by atoms with E-state index in [1.54, 1.807) is 0 Å². The number of carbonyl (C=O) groups excluding carboxylic acids is 1. The average molecular weight is 393 g/mol. The van der Waals surface area contributed by atoms with Crippen molar-refractivity contribution in [3.63, 3.8) is 0 Å². The predicted molar refractivity (Wildman–Crippen MR) is 106 cm³/mol. The van der Waals surface area contributed by atoms with Crippen LogP contribution in [0.5, 0.6) is 0 Å². The zero-order valence-corrected chi connectivity index (χ0v) is 16.3. The van der Waals surface area contributed by atoms with Gasteiger partial charge in [0.25, 0.3) is 5.91 Å². The van der Waals surface area contributed by atoms with Gasteiger partial charge in [-0.2, -0.15) is 15.0 Å². The molecular formula is C19H19N7OS. The number of hydrogen-bond donors (Lipinski definition) is 1. The molecule has 0 fully saturated rings. The third kappa shape index (κ3) is 3.84. The average Bonchev–Trinajstić information content (AvgIpc) is 3.42. The molecule has 0 saturated carbocycles. The van der Waals surface area contributed by atoms with E-state index < -0.39 is 0 Å². The molecule has 0 aliphatic carbocycles. The third-order valence-electron chi connectivity index (χ3n) is 4.11. The Balaban J connectivity index is 1.34. The number of aryl methyl sites for hydroxylation is 2. The van der Waals surface area contributed by atoms with Crippen molar-refractivity contribution in [2.24, 2.45) is 0 Å². The third-order valence-corrected chi connectivity index (χ3v) is 4.97. The van der Waals surface area contributed by atoms with Gasteiger partial charge < -0.3 is 5.32 Å². The lowest BCUT2D eigenvalue weighted by atomic mass is 10.3. The number of nitrogens with zero attached hydrogens (tertiary/aromatic N) is 6. The summed E-state index contributed by atoms with van der Waals surface area (Å²) in [5.41, 5.74) is 4.02. The number of carbonyl (C=O) groups is 1. The Morgan fingerprint density at radius 2 is 2.00 bits per heavy atom. The highest BCUT2D eigenvalue weighted by molar-refractivity contribution is 7.12. The molecule has 1 N–H and O–H groups in total. The van der Waals surface area contributed by atoms with Crippen LogP contribution in [-0.4, -0.2) is 42.2 Å². The lowest BCUT2D eigenvalue weighted by molar-refractivity contribution is 0.0948. The Labute approximate surface area is 165 Å². The van der Waals surface area contributed by atoms with Crippen molar-refractivity contribution >= 4 is 17.2 Å². The number of amides is 1. The van der Waals surface area contributed by atoms with E-state index in [9.17, 15) is 4.79 Å². The number of hydrogen-bond acceptors (Lipinski definition) is 6. The molecule has 0 unspecified atom stereocenters. The maximum atomic E-state index is 12.3. The van der Waals surface area contributed by atoms with Crippen molar-refractivity contribution in [2.75, 3.05) is 6.54 Å². The summed E-state index contributed by atoms with van der Waals surface area (Å²) in [4.78, 5) is 18.3. The quantitative estimate of drug-likeness (QED) is 0.544. The number of aromatic nitrogens is 6. The van der Waals surface area contributed by atoms with Gasteiger partial charge in [0, 0.05) is 24.0 Å². The van der Waals surface area contributed by atoms with Crippen LogP contribution in [0.3, 0.4) is 0 Å². The van der Waals surface area contributed by atoms with Crippen LogP contribution in [0.25, 0.3) is 10.8 Å². The van der Waals surface area contributed by atoms with Crippen LogP contribution in [0.4, 0.5) is 0 Å². The number of nitrogens with one attached hydrogen (secondary N) is 1. The van der Waals surface area contributed by atoms with E-state index in [4.69, 9.17) is 0 Å². The summed E-state index contributed by atoms with van der Waals surface area (Å²) in [6, 6.07) is 11.5. The molecular weight excluding hydrogens is 374 g/mol. The first-order valence-corrected chi connectivity index (χ1v) is 9.72. The summed E-state index contributed by atoms with van der Waals surface area (Å²) in [5.74, 6) is -0.254. The topological polar surface area (TPSA) is 90.5 Å². The minimum absolute atomic E-state index is 0.254. The van der Waals surface area contributed by atoms with E-state index in [0.717, 1.165) is 27.9 Å². The second-order valence-electron chi connectivity index (χ2n) is 6.32. The second kappa shape index (κ2) is 7.73. The second-order valence-corrected chi connectivity index (χ2v) is 7.16. The van der Waals surface area contributed by atoms with E-state index in [2.05, 4.69) is 25.6 Å². The molecule has 0 radical (unpaired) electrons. The fourth-order valence-electron chi connectivity index (χ4n) is 2.78. The smallest absolute Gasteiger partial charge is 0.273 e. The predicted octanol–water partition coefficient (Wildman–Crippen LogP) is 2.50. The summed E-state index contributed by atoms with van der Waals surface area (Å²) in [6.07, 6.45) is 2.10. The molecule has 1 aromatic carbocycles. The molecule has 0 saturated heterocycles. The van der Waals surface area contributed by atoms with Gasteiger partial charge in [0.2, 0.25) is 5.13 Å². The maximum absolute atomic E-state index is 12.3. The molecule has 4 aromatic rings. The van der Waals surface area contributed by atoms with E-state index in [0.29, 0.717) is 13.0 Å². The summed E-state index contributed by atoms with van der Waals surface area (Å²) < 4.78 is 1.84. The van der Waals surface area contributed by atoms with E-state index in [1.165, 1.54) is 22.3 Å². The van der Waals surface area contributed by atoms with Crippen molar-refractivity contribution in [1.82, 2.24) is 35.1 Å². The molecule has 0 atom stereocenters.